The summed E-state index contributed by atoms with van der Waals surface area (Å²) in [5.74, 6) is 0.772. The number of hydrogen-bond donors (Lipinski definition) is 2. The van der Waals surface area contributed by atoms with Gasteiger partial charge in [0.05, 0.1) is 19.8 Å². The minimum atomic E-state index is -0.167. The molecule has 2 aromatic carbocycles. The van der Waals surface area contributed by atoms with Crippen LogP contribution in [-0.2, 0) is 4.74 Å². The SMILES string of the molecule is Cc1ccc(C(=O)NC(=NCCN2CCOCC2)Nc2ccc(C(C)C)cc2)cc1C. The van der Waals surface area contributed by atoms with Crippen molar-refractivity contribution in [3.63, 3.8) is 0 Å². The van der Waals surface area contributed by atoms with E-state index >= 15 is 0 Å². The predicted molar refractivity (Wildman–Crippen MR) is 127 cm³/mol. The van der Waals surface area contributed by atoms with Crippen LogP contribution in [0.4, 0.5) is 5.69 Å². The summed E-state index contributed by atoms with van der Waals surface area (Å²) in [7, 11) is 0. The fourth-order valence-electron chi connectivity index (χ4n) is 3.39. The number of nitrogens with one attached hydrogen (secondary N) is 2. The first-order valence-electron chi connectivity index (χ1n) is 11.0. The van der Waals surface area contributed by atoms with Gasteiger partial charge in [0.15, 0.2) is 0 Å². The first-order chi connectivity index (χ1) is 14.9. The highest BCUT2D eigenvalue weighted by atomic mass is 16.5. The van der Waals surface area contributed by atoms with E-state index in [9.17, 15) is 4.79 Å². The number of rotatable bonds is 6. The Morgan fingerprint density at radius 3 is 2.42 bits per heavy atom. The van der Waals surface area contributed by atoms with E-state index in [2.05, 4.69) is 46.5 Å². The minimum Gasteiger partial charge on any atom is -0.379 e. The van der Waals surface area contributed by atoms with Crippen LogP contribution in [0.2, 0.25) is 0 Å². The van der Waals surface area contributed by atoms with Crippen molar-refractivity contribution in [2.75, 3.05) is 44.7 Å². The Kier molecular flexibility index (Phi) is 8.20. The third-order valence-electron chi connectivity index (χ3n) is 5.63. The Morgan fingerprint density at radius 2 is 1.77 bits per heavy atom. The average Bonchev–Trinajstić information content (AvgIpc) is 2.76. The number of benzene rings is 2. The monoisotopic (exact) mass is 422 g/mol. The fourth-order valence-corrected chi connectivity index (χ4v) is 3.39. The van der Waals surface area contributed by atoms with Crippen LogP contribution in [0.15, 0.2) is 47.5 Å². The maximum atomic E-state index is 12.9. The van der Waals surface area contributed by atoms with Gasteiger partial charge in [0.1, 0.15) is 0 Å². The third-order valence-corrected chi connectivity index (χ3v) is 5.63. The van der Waals surface area contributed by atoms with Crippen molar-refractivity contribution in [1.82, 2.24) is 10.2 Å². The van der Waals surface area contributed by atoms with E-state index in [-0.39, 0.29) is 5.91 Å². The Labute approximate surface area is 185 Å². The number of amides is 1. The van der Waals surface area contributed by atoms with Crippen LogP contribution in [0, 0.1) is 13.8 Å². The number of guanidine groups is 1. The lowest BCUT2D eigenvalue weighted by atomic mass is 10.0. The Balaban J connectivity index is 1.71. The zero-order valence-corrected chi connectivity index (χ0v) is 19.1. The maximum absolute atomic E-state index is 12.9. The first-order valence-corrected chi connectivity index (χ1v) is 11.0. The topological polar surface area (TPSA) is 66.0 Å². The summed E-state index contributed by atoms with van der Waals surface area (Å²) in [6.45, 7) is 13.2. The van der Waals surface area contributed by atoms with Crippen molar-refractivity contribution >= 4 is 17.6 Å². The lowest BCUT2D eigenvalue weighted by Gasteiger charge is -2.25. The standard InChI is InChI=1S/C25H34N4O2/c1-18(2)21-7-9-23(10-8-21)27-25(26-11-12-29-13-15-31-16-14-29)28-24(30)22-6-5-19(3)20(4)17-22/h5-10,17-18H,11-16H2,1-4H3,(H2,26,27,28,30). The summed E-state index contributed by atoms with van der Waals surface area (Å²) in [5, 5.41) is 6.24. The van der Waals surface area contributed by atoms with Crippen molar-refractivity contribution in [2.45, 2.75) is 33.6 Å². The van der Waals surface area contributed by atoms with Gasteiger partial charge in [0, 0.05) is 30.9 Å². The molecule has 1 fully saturated rings. The van der Waals surface area contributed by atoms with E-state index in [4.69, 9.17) is 4.74 Å². The number of aliphatic imine (C=N–C) groups is 1. The molecular weight excluding hydrogens is 388 g/mol. The molecule has 0 saturated carbocycles. The van der Waals surface area contributed by atoms with E-state index in [1.165, 1.54) is 11.1 Å². The molecule has 2 N–H and O–H groups in total. The molecule has 0 spiro atoms. The van der Waals surface area contributed by atoms with Gasteiger partial charge in [0.2, 0.25) is 5.96 Å². The van der Waals surface area contributed by atoms with Crippen LogP contribution in [0.5, 0.6) is 0 Å². The lowest BCUT2D eigenvalue weighted by Crippen LogP contribution is -2.39. The van der Waals surface area contributed by atoms with Gasteiger partial charge < -0.3 is 10.1 Å². The van der Waals surface area contributed by atoms with E-state index in [0.717, 1.165) is 44.1 Å². The number of carbonyl (C=O) groups is 1. The second kappa shape index (κ2) is 11.1. The summed E-state index contributed by atoms with van der Waals surface area (Å²) in [6, 6.07) is 14.0. The molecule has 1 aliphatic rings. The van der Waals surface area contributed by atoms with E-state index in [1.807, 2.05) is 44.2 Å². The normalized spacial score (nSPS) is 15.2. The molecule has 31 heavy (non-hydrogen) atoms. The number of morpholine rings is 1. The van der Waals surface area contributed by atoms with Crippen molar-refractivity contribution in [1.29, 1.82) is 0 Å². The zero-order chi connectivity index (χ0) is 22.2. The highest BCUT2D eigenvalue weighted by Gasteiger charge is 2.12. The molecule has 6 heteroatoms. The van der Waals surface area contributed by atoms with Crippen molar-refractivity contribution < 1.29 is 9.53 Å². The molecule has 1 heterocycles. The number of nitrogens with zero attached hydrogens (tertiary/aromatic N) is 2. The van der Waals surface area contributed by atoms with Crippen molar-refractivity contribution in [3.8, 4) is 0 Å². The van der Waals surface area contributed by atoms with Crippen LogP contribution in [0.1, 0.15) is 46.8 Å². The molecule has 0 atom stereocenters. The molecule has 0 bridgehead atoms. The molecule has 1 amide bonds. The summed E-state index contributed by atoms with van der Waals surface area (Å²) in [5.41, 5.74) is 5.06. The minimum absolute atomic E-state index is 0.167. The van der Waals surface area contributed by atoms with Crippen LogP contribution in [0.3, 0.4) is 0 Å². The quantitative estimate of drug-likeness (QED) is 0.546. The van der Waals surface area contributed by atoms with E-state index in [1.54, 1.807) is 0 Å². The van der Waals surface area contributed by atoms with Gasteiger partial charge in [-0.05, 0) is 60.7 Å². The maximum Gasteiger partial charge on any atom is 0.257 e. The lowest BCUT2D eigenvalue weighted by molar-refractivity contribution is 0.0394. The highest BCUT2D eigenvalue weighted by Crippen LogP contribution is 2.17. The number of aryl methyl sites for hydroxylation is 2. The van der Waals surface area contributed by atoms with Gasteiger partial charge in [-0.2, -0.15) is 0 Å². The highest BCUT2D eigenvalue weighted by molar-refractivity contribution is 6.10. The second-order valence-electron chi connectivity index (χ2n) is 8.34. The molecule has 3 rings (SSSR count). The molecule has 6 nitrogen and oxygen atoms in total. The third kappa shape index (κ3) is 6.91. The number of carbonyl (C=O) groups excluding carboxylic acids is 1. The Morgan fingerprint density at radius 1 is 1.06 bits per heavy atom. The van der Waals surface area contributed by atoms with Crippen molar-refractivity contribution in [3.05, 3.63) is 64.7 Å². The molecule has 1 aliphatic heterocycles. The van der Waals surface area contributed by atoms with Gasteiger partial charge in [-0.3, -0.25) is 20.0 Å². The second-order valence-corrected chi connectivity index (χ2v) is 8.34. The molecule has 1 saturated heterocycles. The molecule has 0 aliphatic carbocycles. The largest absolute Gasteiger partial charge is 0.379 e. The molecule has 0 aromatic heterocycles. The molecule has 2 aromatic rings. The molecule has 166 valence electrons. The van der Waals surface area contributed by atoms with Crippen LogP contribution in [0.25, 0.3) is 0 Å². The van der Waals surface area contributed by atoms with Gasteiger partial charge in [-0.1, -0.05) is 32.0 Å². The van der Waals surface area contributed by atoms with E-state index in [0.29, 0.717) is 24.0 Å². The molecule has 0 radical (unpaired) electrons. The van der Waals surface area contributed by atoms with Crippen LogP contribution in [-0.4, -0.2) is 56.2 Å². The van der Waals surface area contributed by atoms with Gasteiger partial charge in [0.25, 0.3) is 5.91 Å². The van der Waals surface area contributed by atoms with Gasteiger partial charge >= 0.3 is 0 Å². The number of ether oxygens (including phenoxy) is 1. The average molecular weight is 423 g/mol. The number of anilines is 1. The smallest absolute Gasteiger partial charge is 0.257 e. The Hall–Kier alpha value is -2.70. The first kappa shape index (κ1) is 23.0. The number of hydrogen-bond acceptors (Lipinski definition) is 4. The van der Waals surface area contributed by atoms with Gasteiger partial charge in [-0.15, -0.1) is 0 Å². The fraction of sp³-hybridized carbons (Fsp3) is 0.440. The van der Waals surface area contributed by atoms with E-state index < -0.39 is 0 Å². The van der Waals surface area contributed by atoms with Crippen LogP contribution >= 0.6 is 0 Å². The summed E-state index contributed by atoms with van der Waals surface area (Å²) < 4.78 is 5.41. The summed E-state index contributed by atoms with van der Waals surface area (Å²) in [4.78, 5) is 19.9. The zero-order valence-electron chi connectivity index (χ0n) is 19.1. The predicted octanol–water partition coefficient (Wildman–Crippen LogP) is 3.96. The van der Waals surface area contributed by atoms with Crippen molar-refractivity contribution in [2.24, 2.45) is 4.99 Å². The molecular formula is C25H34N4O2. The van der Waals surface area contributed by atoms with Crippen LogP contribution < -0.4 is 10.6 Å². The summed E-state index contributed by atoms with van der Waals surface area (Å²) in [6.07, 6.45) is 0. The Bertz CT molecular complexity index is 900. The summed E-state index contributed by atoms with van der Waals surface area (Å²) >= 11 is 0. The molecule has 0 unspecified atom stereocenters. The van der Waals surface area contributed by atoms with Gasteiger partial charge in [-0.25, -0.2) is 0 Å².